The van der Waals surface area contributed by atoms with Crippen molar-refractivity contribution in [2.24, 2.45) is 0 Å². The fraction of sp³-hybridized carbons (Fsp3) is 0.280. The molecular weight excluding hydrogens is 534 g/mol. The summed E-state index contributed by atoms with van der Waals surface area (Å²) in [6.07, 6.45) is 2.18. The van der Waals surface area contributed by atoms with Gasteiger partial charge in [-0.25, -0.2) is 0 Å². The summed E-state index contributed by atoms with van der Waals surface area (Å²) in [4.78, 5) is 0.352. The van der Waals surface area contributed by atoms with Gasteiger partial charge in [-0.1, -0.05) is 13.8 Å². The van der Waals surface area contributed by atoms with Gasteiger partial charge in [0.05, 0.1) is 0 Å². The lowest BCUT2D eigenvalue weighted by Gasteiger charge is -2.25. The third kappa shape index (κ3) is 4.33. The van der Waals surface area contributed by atoms with Crippen molar-refractivity contribution in [3.8, 4) is 24.3 Å². The lowest BCUT2D eigenvalue weighted by atomic mass is 9.94. The summed E-state index contributed by atoms with van der Waals surface area (Å²) in [6, 6.07) is 8.37. The monoisotopic (exact) mass is 548 g/mol. The number of halogens is 6. The third-order valence-corrected chi connectivity index (χ3v) is 8.01. The Labute approximate surface area is 215 Å². The molecule has 0 aromatic carbocycles. The molecule has 1 aliphatic carbocycles. The fourth-order valence-corrected chi connectivity index (χ4v) is 5.99. The molecule has 12 heteroatoms. The lowest BCUT2D eigenvalue weighted by Crippen LogP contribution is -2.48. The van der Waals surface area contributed by atoms with Crippen molar-refractivity contribution in [1.29, 1.82) is 21.0 Å². The van der Waals surface area contributed by atoms with E-state index in [2.05, 4.69) is 0 Å². The van der Waals surface area contributed by atoms with Crippen molar-refractivity contribution < 1.29 is 26.3 Å². The van der Waals surface area contributed by atoms with Crippen LogP contribution in [-0.4, -0.2) is 17.8 Å². The minimum absolute atomic E-state index is 0.0260. The highest BCUT2D eigenvalue weighted by atomic mass is 32.1. The van der Waals surface area contributed by atoms with E-state index < -0.39 is 40.0 Å². The van der Waals surface area contributed by atoms with Crippen LogP contribution < -0.4 is 0 Å². The average Bonchev–Trinajstić information content (AvgIpc) is 3.48. The van der Waals surface area contributed by atoms with Crippen molar-refractivity contribution in [3.63, 3.8) is 0 Å². The molecule has 0 saturated carbocycles. The van der Waals surface area contributed by atoms with Gasteiger partial charge in [0.1, 0.15) is 35.4 Å². The summed E-state index contributed by atoms with van der Waals surface area (Å²) in [6.45, 7) is 3.05. The second-order valence-electron chi connectivity index (χ2n) is 7.71. The Morgan fingerprint density at radius 3 is 1.30 bits per heavy atom. The molecule has 2 aromatic heterocycles. The molecule has 0 unspecified atom stereocenters. The number of nitriles is 4. The zero-order valence-corrected chi connectivity index (χ0v) is 20.7. The molecule has 0 radical (unpaired) electrons. The van der Waals surface area contributed by atoms with E-state index in [1.54, 1.807) is 24.3 Å². The summed E-state index contributed by atoms with van der Waals surface area (Å²) < 4.78 is 90.7. The van der Waals surface area contributed by atoms with Gasteiger partial charge in [-0.15, -0.1) is 22.7 Å². The van der Waals surface area contributed by atoms with Crippen molar-refractivity contribution in [2.45, 2.75) is 44.5 Å². The third-order valence-electron chi connectivity index (χ3n) is 5.56. The number of aryl methyl sites for hydroxylation is 2. The first kappa shape index (κ1) is 27.7. The first-order valence-corrected chi connectivity index (χ1v) is 12.2. The van der Waals surface area contributed by atoms with Crippen LogP contribution in [0, 0.1) is 45.3 Å². The van der Waals surface area contributed by atoms with Crippen LogP contribution in [0.1, 0.15) is 44.5 Å². The zero-order chi connectivity index (χ0) is 27.8. The Bertz CT molecular complexity index is 1380. The van der Waals surface area contributed by atoms with Gasteiger partial charge in [-0.3, -0.25) is 0 Å². The SMILES string of the molecule is CCc1sc(C=C(C#N)C#N)cc1C1=C(c2cc(C=C(C#N)C#N)sc2CC)C(F)(F)C(F)(F)C1(F)F. The van der Waals surface area contributed by atoms with E-state index in [4.69, 9.17) is 21.0 Å². The first-order chi connectivity index (χ1) is 17.3. The van der Waals surface area contributed by atoms with E-state index >= 15 is 17.6 Å². The molecule has 0 atom stereocenters. The molecule has 0 spiro atoms. The second-order valence-corrected chi connectivity index (χ2v) is 10.1. The van der Waals surface area contributed by atoms with E-state index in [9.17, 15) is 8.78 Å². The molecule has 37 heavy (non-hydrogen) atoms. The Balaban J connectivity index is 2.46. The maximum absolute atomic E-state index is 15.3. The molecule has 2 heterocycles. The molecule has 0 aliphatic heterocycles. The van der Waals surface area contributed by atoms with E-state index in [0.717, 1.165) is 47.0 Å². The van der Waals surface area contributed by atoms with Gasteiger partial charge >= 0.3 is 17.8 Å². The number of hydrogen-bond acceptors (Lipinski definition) is 6. The van der Waals surface area contributed by atoms with Crippen LogP contribution in [0.25, 0.3) is 23.3 Å². The van der Waals surface area contributed by atoms with Gasteiger partial charge in [0.2, 0.25) is 0 Å². The number of thiophene rings is 2. The van der Waals surface area contributed by atoms with Crippen LogP contribution in [0.15, 0.2) is 23.3 Å². The normalized spacial score (nSPS) is 16.8. The highest BCUT2D eigenvalue weighted by Crippen LogP contribution is 2.66. The molecule has 1 aliphatic rings. The zero-order valence-electron chi connectivity index (χ0n) is 19.1. The smallest absolute Gasteiger partial charge is 0.194 e. The Kier molecular flexibility index (Phi) is 7.42. The molecule has 0 fully saturated rings. The van der Waals surface area contributed by atoms with Crippen LogP contribution in [0.5, 0.6) is 0 Å². The quantitative estimate of drug-likeness (QED) is 0.274. The fourth-order valence-electron chi connectivity index (χ4n) is 3.89. The van der Waals surface area contributed by atoms with Gasteiger partial charge in [0.15, 0.2) is 0 Å². The van der Waals surface area contributed by atoms with Crippen LogP contribution in [-0.2, 0) is 12.8 Å². The minimum atomic E-state index is -5.76. The molecule has 0 amide bonds. The van der Waals surface area contributed by atoms with E-state index in [1.165, 1.54) is 13.8 Å². The van der Waals surface area contributed by atoms with Gasteiger partial charge < -0.3 is 0 Å². The summed E-state index contributed by atoms with van der Waals surface area (Å²) in [5.41, 5.74) is -4.88. The van der Waals surface area contributed by atoms with Crippen molar-refractivity contribution in [2.75, 3.05) is 0 Å². The number of hydrogen-bond donors (Lipinski definition) is 0. The van der Waals surface area contributed by atoms with Crippen LogP contribution in [0.3, 0.4) is 0 Å². The maximum Gasteiger partial charge on any atom is 0.380 e. The summed E-state index contributed by atoms with van der Waals surface area (Å²) in [7, 11) is 0. The van der Waals surface area contributed by atoms with Gasteiger partial charge in [0.25, 0.3) is 0 Å². The topological polar surface area (TPSA) is 95.2 Å². The molecule has 2 aromatic rings. The predicted octanol–water partition coefficient (Wildman–Crippen LogP) is 7.63. The summed E-state index contributed by atoms with van der Waals surface area (Å²) >= 11 is 1.64. The van der Waals surface area contributed by atoms with E-state index in [1.807, 2.05) is 0 Å². The van der Waals surface area contributed by atoms with Crippen molar-refractivity contribution in [3.05, 3.63) is 53.9 Å². The standard InChI is InChI=1S/C25H14F6N4S2/c1-3-19-17(7-15(36-19)5-13(9-32)10-33)21-22(24(28,29)25(30,31)23(21,26)27)18-8-16(37-20(18)4-2)6-14(11-34)12-35/h5-8H,3-4H2,1-2H3. The largest absolute Gasteiger partial charge is 0.380 e. The van der Waals surface area contributed by atoms with Gasteiger partial charge in [0, 0.05) is 30.7 Å². The molecular formula is C25H14F6N4S2. The highest BCUT2D eigenvalue weighted by molar-refractivity contribution is 7.13. The average molecular weight is 549 g/mol. The highest BCUT2D eigenvalue weighted by Gasteiger charge is 2.80. The van der Waals surface area contributed by atoms with E-state index in [0.29, 0.717) is 0 Å². The van der Waals surface area contributed by atoms with Crippen LogP contribution >= 0.6 is 22.7 Å². The molecule has 0 N–H and O–H groups in total. The van der Waals surface area contributed by atoms with Crippen molar-refractivity contribution in [1.82, 2.24) is 0 Å². The molecule has 0 bridgehead atoms. The Hall–Kier alpha value is -3.84. The van der Waals surface area contributed by atoms with Crippen LogP contribution in [0.2, 0.25) is 0 Å². The number of nitrogens with zero attached hydrogens (tertiary/aromatic N) is 4. The van der Waals surface area contributed by atoms with Gasteiger partial charge in [-0.2, -0.15) is 47.4 Å². The predicted molar refractivity (Wildman–Crippen MR) is 127 cm³/mol. The Morgan fingerprint density at radius 2 is 1.03 bits per heavy atom. The van der Waals surface area contributed by atoms with E-state index in [-0.39, 0.29) is 43.5 Å². The van der Waals surface area contributed by atoms with Gasteiger partial charge in [-0.05, 0) is 48.3 Å². The first-order valence-electron chi connectivity index (χ1n) is 10.5. The molecule has 4 nitrogen and oxygen atoms in total. The summed E-state index contributed by atoms with van der Waals surface area (Å²) in [5.74, 6) is -16.3. The lowest BCUT2D eigenvalue weighted by molar-refractivity contribution is -0.254. The number of allylic oxidation sites excluding steroid dienone is 4. The molecule has 0 saturated heterocycles. The van der Waals surface area contributed by atoms with Crippen LogP contribution in [0.4, 0.5) is 26.3 Å². The summed E-state index contributed by atoms with van der Waals surface area (Å²) in [5, 5.41) is 36.0. The maximum atomic E-state index is 15.3. The Morgan fingerprint density at radius 1 is 0.703 bits per heavy atom. The van der Waals surface area contributed by atoms with Crippen molar-refractivity contribution >= 4 is 46.0 Å². The second kappa shape index (κ2) is 9.90. The molecule has 188 valence electrons. The number of rotatable bonds is 6. The minimum Gasteiger partial charge on any atom is -0.194 e. The molecule has 3 rings (SSSR count). The number of alkyl halides is 6.